The molecule has 0 fully saturated rings. The van der Waals surface area contributed by atoms with E-state index in [2.05, 4.69) is 4.98 Å². The Kier molecular flexibility index (Phi) is 3.97. The molecule has 0 aliphatic heterocycles. The summed E-state index contributed by atoms with van der Waals surface area (Å²) in [5.41, 5.74) is 5.60. The van der Waals surface area contributed by atoms with E-state index in [9.17, 15) is 8.78 Å². The summed E-state index contributed by atoms with van der Waals surface area (Å²) in [6.07, 6.45) is 0. The molecule has 21 heavy (non-hydrogen) atoms. The van der Waals surface area contributed by atoms with Crippen LogP contribution in [0.15, 0.2) is 30.3 Å². The molecule has 0 saturated heterocycles. The monoisotopic (exact) mass is 294 g/mol. The average Bonchev–Trinajstić information content (AvgIpc) is 2.37. The van der Waals surface area contributed by atoms with Gasteiger partial charge in [-0.25, -0.2) is 4.39 Å². The molecule has 0 unspecified atom stereocenters. The van der Waals surface area contributed by atoms with E-state index >= 15 is 0 Å². The largest absolute Gasteiger partial charge is 0.470 e. The Balaban J connectivity index is 2.29. The summed E-state index contributed by atoms with van der Waals surface area (Å²) in [6.45, 7) is 5.52. The van der Waals surface area contributed by atoms with Gasteiger partial charge in [-0.2, -0.15) is 9.37 Å². The summed E-state index contributed by atoms with van der Waals surface area (Å²) in [6, 6.07) is 6.64. The van der Waals surface area contributed by atoms with Gasteiger partial charge in [-0.3, -0.25) is 0 Å². The Hall–Kier alpha value is -2.37. The minimum Gasteiger partial charge on any atom is -0.470 e. The van der Waals surface area contributed by atoms with Crippen LogP contribution in [0, 0.1) is 11.6 Å². The number of rotatable bonds is 3. The summed E-state index contributed by atoms with van der Waals surface area (Å²) >= 11 is 0. The van der Waals surface area contributed by atoms with E-state index in [1.807, 2.05) is 20.8 Å². The Morgan fingerprint density at radius 3 is 2.48 bits per heavy atom. The SMILES string of the molecule is CC(C)(C)Oc1nc(Oc2cccc(F)c2F)ccc1N. The van der Waals surface area contributed by atoms with Crippen LogP contribution in [0.1, 0.15) is 20.8 Å². The van der Waals surface area contributed by atoms with E-state index in [0.717, 1.165) is 6.07 Å². The van der Waals surface area contributed by atoms with Crippen molar-refractivity contribution in [3.8, 4) is 17.5 Å². The number of nitrogen functional groups attached to an aromatic ring is 1. The van der Waals surface area contributed by atoms with Gasteiger partial charge in [0.1, 0.15) is 5.60 Å². The standard InChI is InChI=1S/C15H16F2N2O2/c1-15(2,3)21-14-10(18)7-8-12(19-14)20-11-6-4-5-9(16)13(11)17/h4-8H,18H2,1-3H3. The topological polar surface area (TPSA) is 57.4 Å². The van der Waals surface area contributed by atoms with Crippen LogP contribution in [-0.2, 0) is 0 Å². The lowest BCUT2D eigenvalue weighted by atomic mass is 10.2. The molecule has 1 aromatic carbocycles. The number of aromatic nitrogens is 1. The highest BCUT2D eigenvalue weighted by molar-refractivity contribution is 5.50. The molecule has 0 bridgehead atoms. The smallest absolute Gasteiger partial charge is 0.241 e. The fourth-order valence-corrected chi connectivity index (χ4v) is 1.54. The van der Waals surface area contributed by atoms with E-state index in [0.29, 0.717) is 5.69 Å². The number of hydrogen-bond donors (Lipinski definition) is 1. The third kappa shape index (κ3) is 3.81. The molecule has 0 radical (unpaired) electrons. The van der Waals surface area contributed by atoms with Gasteiger partial charge >= 0.3 is 0 Å². The number of anilines is 1. The molecule has 1 heterocycles. The van der Waals surface area contributed by atoms with E-state index < -0.39 is 17.2 Å². The Morgan fingerprint density at radius 2 is 1.81 bits per heavy atom. The molecular formula is C15H16F2N2O2. The van der Waals surface area contributed by atoms with Crippen molar-refractivity contribution < 1.29 is 18.3 Å². The van der Waals surface area contributed by atoms with Gasteiger partial charge in [-0.15, -0.1) is 0 Å². The molecular weight excluding hydrogens is 278 g/mol. The molecule has 4 nitrogen and oxygen atoms in total. The number of pyridine rings is 1. The molecule has 6 heteroatoms. The highest BCUT2D eigenvalue weighted by Gasteiger charge is 2.17. The zero-order chi connectivity index (χ0) is 15.6. The summed E-state index contributed by atoms with van der Waals surface area (Å²) in [4.78, 5) is 4.07. The first-order chi connectivity index (χ1) is 9.76. The van der Waals surface area contributed by atoms with Crippen LogP contribution in [0.2, 0.25) is 0 Å². The van der Waals surface area contributed by atoms with Crippen molar-refractivity contribution >= 4 is 5.69 Å². The third-order valence-corrected chi connectivity index (χ3v) is 2.40. The summed E-state index contributed by atoms with van der Waals surface area (Å²) in [7, 11) is 0. The zero-order valence-electron chi connectivity index (χ0n) is 12.0. The maximum atomic E-state index is 13.6. The number of ether oxygens (including phenoxy) is 2. The number of benzene rings is 1. The van der Waals surface area contributed by atoms with Crippen molar-refractivity contribution in [2.24, 2.45) is 0 Å². The quantitative estimate of drug-likeness (QED) is 0.932. The lowest BCUT2D eigenvalue weighted by Crippen LogP contribution is -2.24. The summed E-state index contributed by atoms with van der Waals surface area (Å²) < 4.78 is 37.5. The first-order valence-corrected chi connectivity index (χ1v) is 6.34. The second kappa shape index (κ2) is 5.55. The van der Waals surface area contributed by atoms with Crippen molar-refractivity contribution in [3.05, 3.63) is 42.0 Å². The fourth-order valence-electron chi connectivity index (χ4n) is 1.54. The van der Waals surface area contributed by atoms with Gasteiger partial charge in [0, 0.05) is 6.07 Å². The highest BCUT2D eigenvalue weighted by atomic mass is 19.2. The van der Waals surface area contributed by atoms with E-state index in [4.69, 9.17) is 15.2 Å². The van der Waals surface area contributed by atoms with E-state index in [-0.39, 0.29) is 17.5 Å². The first kappa shape index (κ1) is 15.0. The van der Waals surface area contributed by atoms with E-state index in [1.54, 1.807) is 0 Å². The molecule has 0 aliphatic carbocycles. The number of halogens is 2. The van der Waals surface area contributed by atoms with Crippen molar-refractivity contribution in [1.82, 2.24) is 4.98 Å². The lowest BCUT2D eigenvalue weighted by Gasteiger charge is -2.21. The second-order valence-corrected chi connectivity index (χ2v) is 5.41. The van der Waals surface area contributed by atoms with Gasteiger partial charge in [-0.05, 0) is 39.0 Å². The molecule has 1 aromatic heterocycles. The molecule has 2 N–H and O–H groups in total. The third-order valence-electron chi connectivity index (χ3n) is 2.40. The predicted octanol–water partition coefficient (Wildman–Crippen LogP) is 3.91. The Morgan fingerprint density at radius 1 is 1.10 bits per heavy atom. The predicted molar refractivity (Wildman–Crippen MR) is 75.5 cm³/mol. The molecule has 0 amide bonds. The van der Waals surface area contributed by atoms with Crippen LogP contribution in [0.25, 0.3) is 0 Å². The Bertz CT molecular complexity index is 655. The van der Waals surface area contributed by atoms with Gasteiger partial charge < -0.3 is 15.2 Å². The van der Waals surface area contributed by atoms with Gasteiger partial charge in [0.25, 0.3) is 0 Å². The summed E-state index contributed by atoms with van der Waals surface area (Å²) in [5, 5.41) is 0. The van der Waals surface area contributed by atoms with E-state index in [1.165, 1.54) is 24.3 Å². The van der Waals surface area contributed by atoms with Crippen LogP contribution in [0.4, 0.5) is 14.5 Å². The van der Waals surface area contributed by atoms with Crippen LogP contribution < -0.4 is 15.2 Å². The molecule has 2 rings (SSSR count). The minimum absolute atomic E-state index is 0.0629. The molecule has 0 atom stereocenters. The van der Waals surface area contributed by atoms with Crippen molar-refractivity contribution in [2.75, 3.05) is 5.73 Å². The van der Waals surface area contributed by atoms with Crippen molar-refractivity contribution in [3.63, 3.8) is 0 Å². The number of nitrogens with two attached hydrogens (primary N) is 1. The number of hydrogen-bond acceptors (Lipinski definition) is 4. The molecule has 0 spiro atoms. The van der Waals surface area contributed by atoms with Crippen LogP contribution in [0.3, 0.4) is 0 Å². The average molecular weight is 294 g/mol. The molecule has 0 aliphatic rings. The highest BCUT2D eigenvalue weighted by Crippen LogP contribution is 2.29. The maximum Gasteiger partial charge on any atom is 0.241 e. The van der Waals surface area contributed by atoms with Crippen molar-refractivity contribution in [1.29, 1.82) is 0 Å². The van der Waals surface area contributed by atoms with Gasteiger partial charge in [-0.1, -0.05) is 6.07 Å². The molecule has 0 saturated carbocycles. The lowest BCUT2D eigenvalue weighted by molar-refractivity contribution is 0.124. The first-order valence-electron chi connectivity index (χ1n) is 6.34. The maximum absolute atomic E-state index is 13.6. The van der Waals surface area contributed by atoms with Gasteiger partial charge in [0.2, 0.25) is 17.6 Å². The molecule has 112 valence electrons. The second-order valence-electron chi connectivity index (χ2n) is 5.41. The normalized spacial score (nSPS) is 11.3. The van der Waals surface area contributed by atoms with Crippen LogP contribution >= 0.6 is 0 Å². The fraction of sp³-hybridized carbons (Fsp3) is 0.267. The van der Waals surface area contributed by atoms with Crippen LogP contribution in [-0.4, -0.2) is 10.6 Å². The van der Waals surface area contributed by atoms with Crippen LogP contribution in [0.5, 0.6) is 17.5 Å². The van der Waals surface area contributed by atoms with Crippen molar-refractivity contribution in [2.45, 2.75) is 26.4 Å². The Labute approximate surface area is 121 Å². The summed E-state index contributed by atoms with van der Waals surface area (Å²) in [5.74, 6) is -2.08. The van der Waals surface area contributed by atoms with Gasteiger partial charge in [0.15, 0.2) is 11.6 Å². The minimum atomic E-state index is -1.07. The zero-order valence-corrected chi connectivity index (χ0v) is 12.0. The number of nitrogens with zero attached hydrogens (tertiary/aromatic N) is 1. The van der Waals surface area contributed by atoms with Gasteiger partial charge in [0.05, 0.1) is 5.69 Å². The molecule has 2 aromatic rings.